The normalized spacial score (nSPS) is 9.08. The molecule has 3 amide bonds. The Bertz CT molecular complexity index is 171. The van der Waals surface area contributed by atoms with Gasteiger partial charge in [0.15, 0.2) is 0 Å². The summed E-state index contributed by atoms with van der Waals surface area (Å²) in [6.45, 7) is 3.01. The number of hydrogen-bond donors (Lipinski definition) is 3. The fraction of sp³-hybridized carbons (Fsp3) is 0.750. The number of urea groups is 1. The molecule has 0 aromatic carbocycles. The first-order chi connectivity index (χ1) is 6.20. The van der Waals surface area contributed by atoms with Gasteiger partial charge in [-0.15, -0.1) is 0 Å². The van der Waals surface area contributed by atoms with Crippen molar-refractivity contribution in [2.45, 2.75) is 19.8 Å². The van der Waals surface area contributed by atoms with E-state index in [0.717, 1.165) is 6.42 Å². The summed E-state index contributed by atoms with van der Waals surface area (Å²) < 4.78 is 0. The zero-order valence-electron chi connectivity index (χ0n) is 8.14. The van der Waals surface area contributed by atoms with Crippen LogP contribution in [0.15, 0.2) is 0 Å². The van der Waals surface area contributed by atoms with E-state index in [4.69, 9.17) is 0 Å². The molecule has 0 unspecified atom stereocenters. The second-order valence-electron chi connectivity index (χ2n) is 2.61. The molecule has 0 heterocycles. The van der Waals surface area contributed by atoms with Gasteiger partial charge in [-0.3, -0.25) is 4.79 Å². The van der Waals surface area contributed by atoms with Gasteiger partial charge in [-0.25, -0.2) is 4.79 Å². The highest BCUT2D eigenvalue weighted by atomic mass is 16.2. The minimum absolute atomic E-state index is 0.0733. The lowest BCUT2D eigenvalue weighted by atomic mass is 10.4. The van der Waals surface area contributed by atoms with Crippen LogP contribution < -0.4 is 16.0 Å². The van der Waals surface area contributed by atoms with Crippen LogP contribution in [0.2, 0.25) is 0 Å². The van der Waals surface area contributed by atoms with Gasteiger partial charge in [0.05, 0.1) is 0 Å². The maximum absolute atomic E-state index is 10.9. The number of nitrogens with one attached hydrogen (secondary N) is 3. The lowest BCUT2D eigenvalue weighted by molar-refractivity contribution is -0.120. The third kappa shape index (κ3) is 7.11. The molecule has 0 radical (unpaired) electrons. The number of rotatable bonds is 5. The summed E-state index contributed by atoms with van der Waals surface area (Å²) in [7, 11) is 1.57. The average Bonchev–Trinajstić information content (AvgIpc) is 2.14. The SMILES string of the molecule is CCCNC(=O)NCCC(=O)NC. The molecule has 0 aromatic heterocycles. The van der Waals surface area contributed by atoms with Gasteiger partial charge in [0.25, 0.3) is 0 Å². The highest BCUT2D eigenvalue weighted by Gasteiger charge is 2.00. The second kappa shape index (κ2) is 7.39. The molecule has 3 N–H and O–H groups in total. The predicted octanol–water partition coefficient (Wildman–Crippen LogP) is -0.168. The van der Waals surface area contributed by atoms with E-state index in [9.17, 15) is 9.59 Å². The largest absolute Gasteiger partial charge is 0.359 e. The Morgan fingerprint density at radius 1 is 1.15 bits per heavy atom. The van der Waals surface area contributed by atoms with Crippen LogP contribution in [-0.4, -0.2) is 32.1 Å². The molecule has 0 aromatic rings. The minimum Gasteiger partial charge on any atom is -0.359 e. The van der Waals surface area contributed by atoms with Crippen LogP contribution in [0.4, 0.5) is 4.79 Å². The molecule has 0 bridgehead atoms. The Hall–Kier alpha value is -1.26. The molecule has 0 saturated carbocycles. The first kappa shape index (κ1) is 11.7. The molecule has 13 heavy (non-hydrogen) atoms. The van der Waals surface area contributed by atoms with Gasteiger partial charge < -0.3 is 16.0 Å². The maximum Gasteiger partial charge on any atom is 0.314 e. The zero-order valence-corrected chi connectivity index (χ0v) is 8.14. The molecule has 0 aliphatic heterocycles. The molecular weight excluding hydrogens is 170 g/mol. The molecular formula is C8H17N3O2. The van der Waals surface area contributed by atoms with E-state index in [-0.39, 0.29) is 11.9 Å². The molecule has 0 aliphatic rings. The van der Waals surface area contributed by atoms with Crippen LogP contribution in [0.3, 0.4) is 0 Å². The molecule has 0 fully saturated rings. The first-order valence-corrected chi connectivity index (χ1v) is 4.43. The van der Waals surface area contributed by atoms with Crippen molar-refractivity contribution in [1.29, 1.82) is 0 Å². The molecule has 0 rings (SSSR count). The number of carbonyl (C=O) groups excluding carboxylic acids is 2. The van der Waals surface area contributed by atoms with Crippen LogP contribution in [0, 0.1) is 0 Å². The van der Waals surface area contributed by atoms with Gasteiger partial charge in [0.2, 0.25) is 5.91 Å². The smallest absolute Gasteiger partial charge is 0.314 e. The number of hydrogen-bond acceptors (Lipinski definition) is 2. The van der Waals surface area contributed by atoms with Crippen molar-refractivity contribution in [3.8, 4) is 0 Å². The lowest BCUT2D eigenvalue weighted by Crippen LogP contribution is -2.37. The Kier molecular flexibility index (Phi) is 6.68. The third-order valence-corrected chi connectivity index (χ3v) is 1.45. The van der Waals surface area contributed by atoms with E-state index >= 15 is 0 Å². The van der Waals surface area contributed by atoms with Crippen LogP contribution in [0.25, 0.3) is 0 Å². The van der Waals surface area contributed by atoms with Crippen molar-refractivity contribution in [2.75, 3.05) is 20.1 Å². The maximum atomic E-state index is 10.9. The van der Waals surface area contributed by atoms with E-state index < -0.39 is 0 Å². The van der Waals surface area contributed by atoms with Crippen molar-refractivity contribution >= 4 is 11.9 Å². The van der Waals surface area contributed by atoms with E-state index in [1.54, 1.807) is 7.05 Å². The quantitative estimate of drug-likeness (QED) is 0.559. The van der Waals surface area contributed by atoms with Crippen LogP contribution in [-0.2, 0) is 4.79 Å². The Balaban J connectivity index is 3.31. The van der Waals surface area contributed by atoms with E-state index in [2.05, 4.69) is 16.0 Å². The molecule has 0 spiro atoms. The first-order valence-electron chi connectivity index (χ1n) is 4.43. The minimum atomic E-state index is -0.217. The fourth-order valence-corrected chi connectivity index (χ4v) is 0.716. The van der Waals surface area contributed by atoms with Gasteiger partial charge in [0.1, 0.15) is 0 Å². The second-order valence-corrected chi connectivity index (χ2v) is 2.61. The molecule has 76 valence electrons. The van der Waals surface area contributed by atoms with Gasteiger partial charge in [-0.2, -0.15) is 0 Å². The molecule has 0 aliphatic carbocycles. The van der Waals surface area contributed by atoms with Crippen LogP contribution in [0.5, 0.6) is 0 Å². The monoisotopic (exact) mass is 187 g/mol. The van der Waals surface area contributed by atoms with Gasteiger partial charge in [0, 0.05) is 26.6 Å². The van der Waals surface area contributed by atoms with E-state index in [0.29, 0.717) is 19.5 Å². The highest BCUT2D eigenvalue weighted by Crippen LogP contribution is 1.76. The zero-order chi connectivity index (χ0) is 10.1. The predicted molar refractivity (Wildman–Crippen MR) is 50.4 cm³/mol. The van der Waals surface area contributed by atoms with Crippen molar-refractivity contribution in [2.24, 2.45) is 0 Å². The van der Waals surface area contributed by atoms with Crippen molar-refractivity contribution < 1.29 is 9.59 Å². The van der Waals surface area contributed by atoms with Crippen molar-refractivity contribution in [3.05, 3.63) is 0 Å². The van der Waals surface area contributed by atoms with Crippen molar-refractivity contribution in [3.63, 3.8) is 0 Å². The highest BCUT2D eigenvalue weighted by molar-refractivity contribution is 5.77. The molecule has 0 saturated heterocycles. The molecule has 5 nitrogen and oxygen atoms in total. The Morgan fingerprint density at radius 3 is 2.31 bits per heavy atom. The number of amides is 3. The van der Waals surface area contributed by atoms with E-state index in [1.807, 2.05) is 6.92 Å². The topological polar surface area (TPSA) is 70.2 Å². The van der Waals surface area contributed by atoms with Crippen LogP contribution >= 0.6 is 0 Å². The standard InChI is InChI=1S/C8H17N3O2/c1-3-5-10-8(13)11-6-4-7(12)9-2/h3-6H2,1-2H3,(H,9,12)(H2,10,11,13). The summed E-state index contributed by atoms with van der Waals surface area (Å²) in [5.74, 6) is -0.0733. The summed E-state index contributed by atoms with van der Waals surface area (Å²) in [4.78, 5) is 21.6. The summed E-state index contributed by atoms with van der Waals surface area (Å²) >= 11 is 0. The van der Waals surface area contributed by atoms with E-state index in [1.165, 1.54) is 0 Å². The summed E-state index contributed by atoms with van der Waals surface area (Å²) in [6.07, 6.45) is 1.22. The molecule has 5 heteroatoms. The van der Waals surface area contributed by atoms with Crippen molar-refractivity contribution in [1.82, 2.24) is 16.0 Å². The summed E-state index contributed by atoms with van der Waals surface area (Å²) in [6, 6.07) is -0.217. The third-order valence-electron chi connectivity index (χ3n) is 1.45. The number of carbonyl (C=O) groups is 2. The molecule has 0 atom stereocenters. The Labute approximate surface area is 78.3 Å². The van der Waals surface area contributed by atoms with Gasteiger partial charge in [-0.05, 0) is 6.42 Å². The summed E-state index contributed by atoms with van der Waals surface area (Å²) in [5, 5.41) is 7.69. The lowest BCUT2D eigenvalue weighted by Gasteiger charge is -2.05. The summed E-state index contributed by atoms with van der Waals surface area (Å²) in [5.41, 5.74) is 0. The Morgan fingerprint density at radius 2 is 1.77 bits per heavy atom. The van der Waals surface area contributed by atoms with Crippen LogP contribution in [0.1, 0.15) is 19.8 Å². The van der Waals surface area contributed by atoms with Gasteiger partial charge in [-0.1, -0.05) is 6.92 Å². The fourth-order valence-electron chi connectivity index (χ4n) is 0.716. The van der Waals surface area contributed by atoms with Gasteiger partial charge >= 0.3 is 6.03 Å². The average molecular weight is 187 g/mol.